The highest BCUT2D eigenvalue weighted by Crippen LogP contribution is 2.20. The quantitative estimate of drug-likeness (QED) is 0.594. The first kappa shape index (κ1) is 12.4. The highest BCUT2D eigenvalue weighted by atomic mass is 15.4. The van der Waals surface area contributed by atoms with Crippen LogP contribution in [0.4, 0.5) is 0 Å². The summed E-state index contributed by atoms with van der Waals surface area (Å²) in [5, 5.41) is 0. The maximum absolute atomic E-state index is 4.28. The van der Waals surface area contributed by atoms with E-state index in [2.05, 4.69) is 45.2 Å². The van der Waals surface area contributed by atoms with Crippen LogP contribution in [0.15, 0.2) is 17.4 Å². The van der Waals surface area contributed by atoms with E-state index in [1.165, 1.54) is 25.9 Å². The number of hydrogen-bond acceptors (Lipinski definition) is 1. The highest BCUT2D eigenvalue weighted by Gasteiger charge is 2.29. The molecule has 0 spiro atoms. The van der Waals surface area contributed by atoms with Crippen LogP contribution in [0.1, 0.15) is 40.5 Å². The number of hydrogen-bond donors (Lipinski definition) is 0. The monoisotopic (exact) mass is 209 g/mol. The van der Waals surface area contributed by atoms with Gasteiger partial charge < -0.3 is 0 Å². The van der Waals surface area contributed by atoms with Crippen LogP contribution in [-0.4, -0.2) is 23.9 Å². The van der Waals surface area contributed by atoms with E-state index in [9.17, 15) is 0 Å². The molecule has 0 aromatic carbocycles. The van der Waals surface area contributed by atoms with Crippen LogP contribution in [0.2, 0.25) is 0 Å². The molecule has 0 N–H and O–H groups in total. The molecule has 1 rings (SSSR count). The van der Waals surface area contributed by atoms with E-state index in [0.717, 1.165) is 16.3 Å². The zero-order valence-corrected chi connectivity index (χ0v) is 10.6. The van der Waals surface area contributed by atoms with E-state index in [1.807, 2.05) is 6.20 Å². The summed E-state index contributed by atoms with van der Waals surface area (Å²) in [7, 11) is 0. The van der Waals surface area contributed by atoms with Crippen molar-refractivity contribution < 1.29 is 4.48 Å². The van der Waals surface area contributed by atoms with Crippen molar-refractivity contribution in [3.63, 3.8) is 0 Å². The summed E-state index contributed by atoms with van der Waals surface area (Å²) in [6, 6.07) is 0. The molecule has 0 unspecified atom stereocenters. The molecule has 2 nitrogen and oxygen atoms in total. The van der Waals surface area contributed by atoms with Crippen LogP contribution < -0.4 is 0 Å². The molecule has 0 aromatic heterocycles. The molecule has 0 fully saturated rings. The Balaban J connectivity index is 2.63. The number of nitrogens with zero attached hydrogens (tertiary/aromatic N) is 2. The van der Waals surface area contributed by atoms with Gasteiger partial charge in [0.15, 0.2) is 6.34 Å². The molecule has 86 valence electrons. The van der Waals surface area contributed by atoms with Gasteiger partial charge in [0.1, 0.15) is 6.20 Å². The Morgan fingerprint density at radius 2 is 1.60 bits per heavy atom. The second-order valence-electron chi connectivity index (χ2n) is 5.06. The smallest absolute Gasteiger partial charge is 0.194 e. The topological polar surface area (TPSA) is 12.4 Å². The van der Waals surface area contributed by atoms with Gasteiger partial charge in [-0.1, -0.05) is 27.7 Å². The summed E-state index contributed by atoms with van der Waals surface area (Å²) < 4.78 is 0.962. The SMILES string of the molecule is CC[C@H](C)C[N+]1(C[C@@H](C)CC)C=CN=C1. The molecule has 0 radical (unpaired) electrons. The van der Waals surface area contributed by atoms with E-state index in [4.69, 9.17) is 0 Å². The Kier molecular flexibility index (Phi) is 4.52. The molecule has 0 saturated carbocycles. The zero-order valence-electron chi connectivity index (χ0n) is 10.6. The van der Waals surface area contributed by atoms with E-state index < -0.39 is 0 Å². The highest BCUT2D eigenvalue weighted by molar-refractivity contribution is 5.50. The Morgan fingerprint density at radius 1 is 1.07 bits per heavy atom. The molecule has 2 atom stereocenters. The van der Waals surface area contributed by atoms with Gasteiger partial charge in [0.2, 0.25) is 0 Å². The largest absolute Gasteiger partial charge is 0.253 e. The van der Waals surface area contributed by atoms with Gasteiger partial charge in [-0.05, 0) is 12.8 Å². The van der Waals surface area contributed by atoms with E-state index in [1.54, 1.807) is 0 Å². The number of rotatable bonds is 6. The van der Waals surface area contributed by atoms with Crippen LogP contribution in [0.3, 0.4) is 0 Å². The maximum Gasteiger partial charge on any atom is 0.194 e. The van der Waals surface area contributed by atoms with Crippen LogP contribution in [0, 0.1) is 11.8 Å². The Labute approximate surface area is 94.3 Å². The molecule has 0 bridgehead atoms. The molecule has 15 heavy (non-hydrogen) atoms. The minimum atomic E-state index is 0.767. The van der Waals surface area contributed by atoms with Crippen molar-refractivity contribution in [2.24, 2.45) is 16.8 Å². The van der Waals surface area contributed by atoms with Gasteiger partial charge in [-0.2, -0.15) is 0 Å². The molecular formula is C13H25N2+. The first-order chi connectivity index (χ1) is 7.12. The van der Waals surface area contributed by atoms with Crippen LogP contribution in [0.5, 0.6) is 0 Å². The maximum atomic E-state index is 4.28. The summed E-state index contributed by atoms with van der Waals surface area (Å²) >= 11 is 0. The van der Waals surface area contributed by atoms with Crippen molar-refractivity contribution in [1.29, 1.82) is 0 Å². The molecule has 0 aromatic rings. The third-order valence-corrected chi connectivity index (χ3v) is 3.44. The van der Waals surface area contributed by atoms with Gasteiger partial charge in [-0.15, -0.1) is 0 Å². The fourth-order valence-electron chi connectivity index (χ4n) is 2.09. The lowest BCUT2D eigenvalue weighted by atomic mass is 10.0. The van der Waals surface area contributed by atoms with Gasteiger partial charge in [0.05, 0.1) is 19.3 Å². The zero-order chi connectivity index (χ0) is 11.3. The Morgan fingerprint density at radius 3 is 1.93 bits per heavy atom. The molecular weight excluding hydrogens is 184 g/mol. The van der Waals surface area contributed by atoms with Crippen molar-refractivity contribution in [1.82, 2.24) is 0 Å². The van der Waals surface area contributed by atoms with Gasteiger partial charge in [0.25, 0.3) is 0 Å². The third-order valence-electron chi connectivity index (χ3n) is 3.44. The van der Waals surface area contributed by atoms with E-state index in [-0.39, 0.29) is 0 Å². The second-order valence-corrected chi connectivity index (χ2v) is 5.06. The lowest BCUT2D eigenvalue weighted by Crippen LogP contribution is -2.46. The van der Waals surface area contributed by atoms with E-state index >= 15 is 0 Å². The average Bonchev–Trinajstić information content (AvgIpc) is 2.66. The summed E-state index contributed by atoms with van der Waals surface area (Å²) in [5.41, 5.74) is 0. The van der Waals surface area contributed by atoms with Gasteiger partial charge in [-0.3, -0.25) is 4.48 Å². The van der Waals surface area contributed by atoms with E-state index in [0.29, 0.717) is 0 Å². The van der Waals surface area contributed by atoms with Gasteiger partial charge in [-0.25, -0.2) is 4.99 Å². The second kappa shape index (κ2) is 5.45. The number of quaternary nitrogens is 1. The van der Waals surface area contributed by atoms with Crippen molar-refractivity contribution in [2.45, 2.75) is 40.5 Å². The van der Waals surface area contributed by atoms with Gasteiger partial charge >= 0.3 is 0 Å². The minimum Gasteiger partial charge on any atom is -0.253 e. The summed E-state index contributed by atoms with van der Waals surface area (Å²) in [6.45, 7) is 11.6. The van der Waals surface area contributed by atoms with Crippen molar-refractivity contribution >= 4 is 6.34 Å². The van der Waals surface area contributed by atoms with Crippen LogP contribution >= 0.6 is 0 Å². The molecule has 0 saturated heterocycles. The normalized spacial score (nSPS) is 21.9. The molecule has 0 aliphatic carbocycles. The number of aliphatic imine (C=N–C) groups is 1. The lowest BCUT2D eigenvalue weighted by Gasteiger charge is -2.32. The lowest BCUT2D eigenvalue weighted by molar-refractivity contribution is -0.787. The molecule has 0 amide bonds. The fraction of sp³-hybridized carbons (Fsp3) is 0.769. The fourth-order valence-corrected chi connectivity index (χ4v) is 2.09. The Hall–Kier alpha value is -0.630. The minimum absolute atomic E-state index is 0.767. The molecule has 1 aliphatic heterocycles. The average molecular weight is 209 g/mol. The molecule has 1 aliphatic rings. The predicted molar refractivity (Wildman–Crippen MR) is 66.5 cm³/mol. The predicted octanol–water partition coefficient (Wildman–Crippen LogP) is 3.41. The van der Waals surface area contributed by atoms with Crippen LogP contribution in [0.25, 0.3) is 0 Å². The van der Waals surface area contributed by atoms with Gasteiger partial charge in [0, 0.05) is 11.8 Å². The van der Waals surface area contributed by atoms with Crippen LogP contribution in [-0.2, 0) is 0 Å². The standard InChI is InChI=1S/C13H25N2/c1-5-12(3)9-15(8-7-14-11-15)10-13(4)6-2/h7-8,11-13H,5-6,9-10H2,1-4H3/q+1/t12-,13-/m0/s1. The third kappa shape index (κ3) is 3.45. The van der Waals surface area contributed by atoms with Crippen molar-refractivity contribution in [3.8, 4) is 0 Å². The first-order valence-corrected chi connectivity index (χ1v) is 6.20. The molecule has 1 heterocycles. The summed E-state index contributed by atoms with van der Waals surface area (Å²) in [4.78, 5) is 4.28. The summed E-state index contributed by atoms with van der Waals surface area (Å²) in [6.07, 6.45) is 8.81. The van der Waals surface area contributed by atoms with Crippen molar-refractivity contribution in [3.05, 3.63) is 12.4 Å². The molecule has 2 heteroatoms. The first-order valence-electron chi connectivity index (χ1n) is 6.20. The van der Waals surface area contributed by atoms with Crippen molar-refractivity contribution in [2.75, 3.05) is 13.1 Å². The summed E-state index contributed by atoms with van der Waals surface area (Å²) in [5.74, 6) is 1.53. The Bertz CT molecular complexity index is 217.